The SMILES string of the molecule is Cl.NC1=NC2(c3cc(NC(=O)c4cnc(C(F)(F)F)cn4)ccc3F)COCC2(F)CS1. The number of halogens is 6. The number of amidine groups is 1. The number of nitrogens with one attached hydrogen (secondary N) is 1. The number of amides is 1. The van der Waals surface area contributed by atoms with Crippen LogP contribution in [0.15, 0.2) is 35.6 Å². The monoisotopic (exact) mass is 495 g/mol. The van der Waals surface area contributed by atoms with Crippen molar-refractivity contribution < 1.29 is 31.5 Å². The maximum atomic E-state index is 15.6. The van der Waals surface area contributed by atoms with E-state index in [0.29, 0.717) is 12.4 Å². The zero-order chi connectivity index (χ0) is 22.4. The number of alkyl halides is 4. The highest BCUT2D eigenvalue weighted by Gasteiger charge is 2.61. The second kappa shape index (κ2) is 8.45. The van der Waals surface area contributed by atoms with Crippen LogP contribution in [0.1, 0.15) is 21.7 Å². The quantitative estimate of drug-likeness (QED) is 0.633. The molecule has 2 unspecified atom stereocenters. The molecule has 0 spiro atoms. The van der Waals surface area contributed by atoms with E-state index in [2.05, 4.69) is 20.3 Å². The molecule has 2 aromatic rings. The summed E-state index contributed by atoms with van der Waals surface area (Å²) in [6.07, 6.45) is -3.60. The van der Waals surface area contributed by atoms with E-state index >= 15 is 4.39 Å². The second-order valence-corrected chi connectivity index (χ2v) is 7.99. The molecule has 2 aliphatic heterocycles. The van der Waals surface area contributed by atoms with E-state index in [1.165, 1.54) is 12.1 Å². The fraction of sp³-hybridized carbons (Fsp3) is 0.333. The lowest BCUT2D eigenvalue weighted by Gasteiger charge is -2.38. The minimum atomic E-state index is -4.70. The lowest BCUT2D eigenvalue weighted by molar-refractivity contribution is -0.141. The van der Waals surface area contributed by atoms with Crippen LogP contribution in [0.25, 0.3) is 0 Å². The second-order valence-electron chi connectivity index (χ2n) is 6.99. The van der Waals surface area contributed by atoms with Gasteiger partial charge in [0.2, 0.25) is 0 Å². The average Bonchev–Trinajstić information content (AvgIpc) is 3.06. The molecule has 1 fully saturated rings. The predicted octanol–water partition coefficient (Wildman–Crippen LogP) is 3.30. The molecule has 0 radical (unpaired) electrons. The van der Waals surface area contributed by atoms with Gasteiger partial charge in [-0.3, -0.25) is 4.79 Å². The lowest BCUT2D eigenvalue weighted by Crippen LogP contribution is -2.52. The molecule has 1 aromatic heterocycles. The van der Waals surface area contributed by atoms with Gasteiger partial charge in [0.15, 0.2) is 22.1 Å². The number of benzene rings is 1. The number of ether oxygens (including phenoxy) is 1. The van der Waals surface area contributed by atoms with Crippen molar-refractivity contribution in [1.29, 1.82) is 0 Å². The van der Waals surface area contributed by atoms with Crippen LogP contribution in [0, 0.1) is 5.82 Å². The molecule has 14 heteroatoms. The number of anilines is 1. The van der Waals surface area contributed by atoms with Crippen LogP contribution in [0.5, 0.6) is 0 Å². The van der Waals surface area contributed by atoms with Crippen LogP contribution >= 0.6 is 24.2 Å². The first-order valence-electron chi connectivity index (χ1n) is 8.79. The Morgan fingerprint density at radius 2 is 1.97 bits per heavy atom. The maximum Gasteiger partial charge on any atom is 0.434 e. The standard InChI is InChI=1S/C18H14F5N5O2S.ClH/c19-11-2-1-9(27-14(29)12-4-26-13(5-25-12)18(21,22)23)3-10(11)17-7-30-6-16(17,20)8-31-15(24)28-17;/h1-5H,6-8H2,(H2,24,28)(H,27,29);1H. The zero-order valence-corrected chi connectivity index (χ0v) is 17.6. The Kier molecular flexibility index (Phi) is 6.37. The molecule has 7 nitrogen and oxygen atoms in total. The zero-order valence-electron chi connectivity index (χ0n) is 15.9. The Morgan fingerprint density at radius 3 is 2.62 bits per heavy atom. The topological polar surface area (TPSA) is 102 Å². The van der Waals surface area contributed by atoms with Gasteiger partial charge in [-0.1, -0.05) is 11.8 Å². The van der Waals surface area contributed by atoms with Gasteiger partial charge in [-0.05, 0) is 18.2 Å². The van der Waals surface area contributed by atoms with Crippen LogP contribution in [0.3, 0.4) is 0 Å². The van der Waals surface area contributed by atoms with E-state index < -0.39 is 40.5 Å². The Balaban J connectivity index is 0.00000289. The third kappa shape index (κ3) is 4.11. The summed E-state index contributed by atoms with van der Waals surface area (Å²) in [6, 6.07) is 3.43. The van der Waals surface area contributed by atoms with E-state index in [-0.39, 0.29) is 47.8 Å². The average molecular weight is 496 g/mol. The van der Waals surface area contributed by atoms with Gasteiger partial charge in [-0.25, -0.2) is 23.7 Å². The van der Waals surface area contributed by atoms with Gasteiger partial charge in [0.25, 0.3) is 5.91 Å². The summed E-state index contributed by atoms with van der Waals surface area (Å²) in [5.74, 6) is -1.74. The molecule has 0 saturated carbocycles. The molecular formula is C18H15ClF5N5O2S. The molecule has 3 N–H and O–H groups in total. The Hall–Kier alpha value is -2.51. The van der Waals surface area contributed by atoms with Gasteiger partial charge >= 0.3 is 6.18 Å². The van der Waals surface area contributed by atoms with Gasteiger partial charge in [0, 0.05) is 17.0 Å². The summed E-state index contributed by atoms with van der Waals surface area (Å²) < 4.78 is 73.3. The fourth-order valence-corrected chi connectivity index (χ4v) is 4.32. The van der Waals surface area contributed by atoms with Crippen molar-refractivity contribution in [2.45, 2.75) is 17.4 Å². The number of rotatable bonds is 3. The van der Waals surface area contributed by atoms with Crippen molar-refractivity contribution in [3.05, 3.63) is 53.4 Å². The van der Waals surface area contributed by atoms with Crippen molar-refractivity contribution >= 4 is 40.9 Å². The molecule has 2 aliphatic rings. The molecule has 1 amide bonds. The van der Waals surface area contributed by atoms with Crippen LogP contribution in [0.2, 0.25) is 0 Å². The van der Waals surface area contributed by atoms with Crippen molar-refractivity contribution in [3.63, 3.8) is 0 Å². The van der Waals surface area contributed by atoms with Gasteiger partial charge in [-0.2, -0.15) is 13.2 Å². The summed E-state index contributed by atoms with van der Waals surface area (Å²) in [6.45, 7) is -0.544. The number of aliphatic imine (C=N–C) groups is 1. The van der Waals surface area contributed by atoms with Crippen molar-refractivity contribution in [2.24, 2.45) is 10.7 Å². The molecule has 32 heavy (non-hydrogen) atoms. The van der Waals surface area contributed by atoms with E-state index in [0.717, 1.165) is 17.8 Å². The number of hydrogen-bond donors (Lipinski definition) is 2. The Morgan fingerprint density at radius 1 is 1.22 bits per heavy atom. The molecule has 0 aliphatic carbocycles. The summed E-state index contributed by atoms with van der Waals surface area (Å²) in [4.78, 5) is 23.1. The Labute approximate surface area is 188 Å². The van der Waals surface area contributed by atoms with E-state index in [1.807, 2.05) is 0 Å². The summed E-state index contributed by atoms with van der Waals surface area (Å²) in [7, 11) is 0. The predicted molar refractivity (Wildman–Crippen MR) is 109 cm³/mol. The first-order chi connectivity index (χ1) is 14.5. The highest BCUT2D eigenvalue weighted by molar-refractivity contribution is 8.13. The smallest absolute Gasteiger partial charge is 0.379 e. The lowest BCUT2D eigenvalue weighted by atomic mass is 9.79. The molecule has 4 rings (SSSR count). The molecule has 3 heterocycles. The van der Waals surface area contributed by atoms with E-state index in [1.54, 1.807) is 0 Å². The summed E-state index contributed by atoms with van der Waals surface area (Å²) in [5, 5.41) is 2.46. The number of aromatic nitrogens is 2. The molecule has 2 atom stereocenters. The number of carbonyl (C=O) groups excluding carboxylic acids is 1. The highest BCUT2D eigenvalue weighted by Crippen LogP contribution is 2.50. The summed E-state index contributed by atoms with van der Waals surface area (Å²) >= 11 is 0.993. The normalized spacial score (nSPS) is 24.8. The maximum absolute atomic E-state index is 15.6. The fourth-order valence-electron chi connectivity index (χ4n) is 3.40. The van der Waals surface area contributed by atoms with Gasteiger partial charge in [0.05, 0.1) is 25.6 Å². The van der Waals surface area contributed by atoms with Crippen molar-refractivity contribution in [3.8, 4) is 0 Å². The molecular weight excluding hydrogens is 481 g/mol. The Bertz CT molecular complexity index is 1070. The number of thioether (sulfide) groups is 1. The summed E-state index contributed by atoms with van der Waals surface area (Å²) in [5.41, 5.74) is 0.283. The number of fused-ring (bicyclic) bond motifs is 1. The van der Waals surface area contributed by atoms with Crippen molar-refractivity contribution in [1.82, 2.24) is 9.97 Å². The first-order valence-corrected chi connectivity index (χ1v) is 9.78. The van der Waals surface area contributed by atoms with Gasteiger partial charge in [0.1, 0.15) is 11.5 Å². The van der Waals surface area contributed by atoms with Crippen molar-refractivity contribution in [2.75, 3.05) is 24.3 Å². The van der Waals surface area contributed by atoms with Crippen LogP contribution in [0.4, 0.5) is 27.6 Å². The highest BCUT2D eigenvalue weighted by atomic mass is 35.5. The molecule has 1 saturated heterocycles. The number of nitrogens with zero attached hydrogens (tertiary/aromatic N) is 3. The van der Waals surface area contributed by atoms with Crippen LogP contribution in [-0.4, -0.2) is 45.7 Å². The number of nitrogens with two attached hydrogens (primary N) is 1. The minimum Gasteiger partial charge on any atom is -0.379 e. The number of carbonyl (C=O) groups is 1. The van der Waals surface area contributed by atoms with Gasteiger partial charge in [-0.15, -0.1) is 12.4 Å². The van der Waals surface area contributed by atoms with Crippen LogP contribution in [-0.2, 0) is 16.5 Å². The van der Waals surface area contributed by atoms with Gasteiger partial charge < -0.3 is 15.8 Å². The molecule has 172 valence electrons. The van der Waals surface area contributed by atoms with Crippen LogP contribution < -0.4 is 11.1 Å². The first kappa shape index (κ1) is 24.1. The third-order valence-electron chi connectivity index (χ3n) is 4.98. The third-order valence-corrected chi connectivity index (χ3v) is 5.97. The minimum absolute atomic E-state index is 0. The largest absolute Gasteiger partial charge is 0.434 e. The van der Waals surface area contributed by atoms with E-state index in [9.17, 15) is 22.4 Å². The number of hydrogen-bond acceptors (Lipinski definition) is 7. The van der Waals surface area contributed by atoms with E-state index in [4.69, 9.17) is 10.5 Å². The molecule has 0 bridgehead atoms. The molecule has 1 aromatic carbocycles.